The van der Waals surface area contributed by atoms with Crippen LogP contribution in [0.1, 0.15) is 43.7 Å². The van der Waals surface area contributed by atoms with Gasteiger partial charge in [0.1, 0.15) is 6.04 Å². The van der Waals surface area contributed by atoms with Crippen molar-refractivity contribution in [2.75, 3.05) is 19.6 Å². The summed E-state index contributed by atoms with van der Waals surface area (Å²) in [7, 11) is 0. The number of amides is 2. The number of carbonyl (C=O) groups excluding carboxylic acids is 2. The van der Waals surface area contributed by atoms with E-state index in [4.69, 9.17) is 0 Å². The van der Waals surface area contributed by atoms with Crippen molar-refractivity contribution in [3.05, 3.63) is 71.8 Å². The summed E-state index contributed by atoms with van der Waals surface area (Å²) in [6, 6.07) is 20.7. The van der Waals surface area contributed by atoms with Crippen molar-refractivity contribution >= 4 is 11.8 Å². The van der Waals surface area contributed by atoms with Gasteiger partial charge >= 0.3 is 0 Å². The fourth-order valence-electron chi connectivity index (χ4n) is 4.87. The predicted octanol–water partition coefficient (Wildman–Crippen LogP) is 3.61. The Morgan fingerprint density at radius 3 is 2.07 bits per heavy atom. The zero-order chi connectivity index (χ0) is 19.6. The maximum atomic E-state index is 13.3. The van der Waals surface area contributed by atoms with Crippen LogP contribution in [0.3, 0.4) is 0 Å². The van der Waals surface area contributed by atoms with Gasteiger partial charge in [-0.25, -0.2) is 0 Å². The van der Waals surface area contributed by atoms with E-state index >= 15 is 0 Å². The fraction of sp³-hybridized carbons (Fsp3) is 0.417. The van der Waals surface area contributed by atoms with Gasteiger partial charge < -0.3 is 9.80 Å². The standard InChI is InChI=1S/C24H28N2O2/c1-19(26-17-8-14-22(26)27)23(28)25-16-9-15-24(18-25,20-10-4-2-5-11-20)21-12-6-3-7-13-21/h2-7,10-13,19H,8-9,14-18H2,1H3. The second-order valence-electron chi connectivity index (χ2n) is 8.04. The molecule has 2 heterocycles. The molecule has 0 spiro atoms. The van der Waals surface area contributed by atoms with Crippen molar-refractivity contribution in [3.63, 3.8) is 0 Å². The van der Waals surface area contributed by atoms with Crippen molar-refractivity contribution in [1.82, 2.24) is 9.80 Å². The molecular weight excluding hydrogens is 348 g/mol. The number of rotatable bonds is 4. The molecule has 4 rings (SSSR count). The highest BCUT2D eigenvalue weighted by atomic mass is 16.2. The number of likely N-dealkylation sites (tertiary alicyclic amines) is 2. The molecule has 2 fully saturated rings. The van der Waals surface area contributed by atoms with E-state index in [1.54, 1.807) is 4.90 Å². The van der Waals surface area contributed by atoms with Crippen LogP contribution in [0.2, 0.25) is 0 Å². The molecular formula is C24H28N2O2. The van der Waals surface area contributed by atoms with Crippen LogP contribution in [0.15, 0.2) is 60.7 Å². The summed E-state index contributed by atoms with van der Waals surface area (Å²) < 4.78 is 0. The average molecular weight is 377 g/mol. The summed E-state index contributed by atoms with van der Waals surface area (Å²) in [4.78, 5) is 29.2. The van der Waals surface area contributed by atoms with Crippen molar-refractivity contribution in [1.29, 1.82) is 0 Å². The first kappa shape index (κ1) is 18.7. The average Bonchev–Trinajstić information content (AvgIpc) is 3.19. The Morgan fingerprint density at radius 2 is 1.54 bits per heavy atom. The lowest BCUT2D eigenvalue weighted by molar-refractivity contribution is -0.144. The molecule has 1 atom stereocenters. The summed E-state index contributed by atoms with van der Waals surface area (Å²) in [5.41, 5.74) is 2.30. The van der Waals surface area contributed by atoms with Gasteiger partial charge in [0.15, 0.2) is 0 Å². The minimum absolute atomic E-state index is 0.0752. The zero-order valence-corrected chi connectivity index (χ0v) is 16.5. The fourth-order valence-corrected chi connectivity index (χ4v) is 4.87. The quantitative estimate of drug-likeness (QED) is 0.818. The second kappa shape index (κ2) is 7.78. The van der Waals surface area contributed by atoms with E-state index in [-0.39, 0.29) is 23.3 Å². The first-order valence-corrected chi connectivity index (χ1v) is 10.3. The van der Waals surface area contributed by atoms with E-state index in [2.05, 4.69) is 48.5 Å². The number of hydrogen-bond acceptors (Lipinski definition) is 2. The van der Waals surface area contributed by atoms with Crippen LogP contribution < -0.4 is 0 Å². The Kier molecular flexibility index (Phi) is 5.21. The molecule has 2 aromatic carbocycles. The lowest BCUT2D eigenvalue weighted by Gasteiger charge is -2.45. The molecule has 1 unspecified atom stereocenters. The Bertz CT molecular complexity index is 795. The number of hydrogen-bond donors (Lipinski definition) is 0. The van der Waals surface area contributed by atoms with Gasteiger partial charge in [-0.05, 0) is 37.3 Å². The highest BCUT2D eigenvalue weighted by Crippen LogP contribution is 2.40. The largest absolute Gasteiger partial charge is 0.340 e. The van der Waals surface area contributed by atoms with Crippen LogP contribution in [0.25, 0.3) is 0 Å². The molecule has 2 aliphatic heterocycles. The number of nitrogens with zero attached hydrogens (tertiary/aromatic N) is 2. The molecule has 2 aromatic rings. The maximum absolute atomic E-state index is 13.3. The molecule has 2 aliphatic rings. The van der Waals surface area contributed by atoms with Crippen LogP contribution in [0, 0.1) is 0 Å². The molecule has 0 saturated carbocycles. The number of piperidine rings is 1. The Hall–Kier alpha value is -2.62. The van der Waals surface area contributed by atoms with Gasteiger partial charge in [-0.15, -0.1) is 0 Å². The summed E-state index contributed by atoms with van der Waals surface area (Å²) in [6.07, 6.45) is 3.39. The third-order valence-corrected chi connectivity index (χ3v) is 6.39. The topological polar surface area (TPSA) is 40.6 Å². The first-order valence-electron chi connectivity index (χ1n) is 10.3. The molecule has 0 N–H and O–H groups in total. The molecule has 0 radical (unpaired) electrons. The van der Waals surface area contributed by atoms with Gasteiger partial charge in [0.05, 0.1) is 0 Å². The molecule has 2 amide bonds. The van der Waals surface area contributed by atoms with Gasteiger partial charge in [0.2, 0.25) is 11.8 Å². The highest BCUT2D eigenvalue weighted by molar-refractivity contribution is 5.88. The van der Waals surface area contributed by atoms with E-state index in [0.717, 1.165) is 25.8 Å². The van der Waals surface area contributed by atoms with Crippen LogP contribution in [-0.4, -0.2) is 47.3 Å². The maximum Gasteiger partial charge on any atom is 0.245 e. The van der Waals surface area contributed by atoms with Crippen LogP contribution in [0.5, 0.6) is 0 Å². The van der Waals surface area contributed by atoms with E-state index in [1.807, 2.05) is 24.0 Å². The highest BCUT2D eigenvalue weighted by Gasteiger charge is 2.42. The number of benzene rings is 2. The van der Waals surface area contributed by atoms with Gasteiger partial charge in [0.25, 0.3) is 0 Å². The van der Waals surface area contributed by atoms with E-state index in [1.165, 1.54) is 11.1 Å². The molecule has 4 nitrogen and oxygen atoms in total. The summed E-state index contributed by atoms with van der Waals surface area (Å²) >= 11 is 0. The van der Waals surface area contributed by atoms with Gasteiger partial charge in [-0.1, -0.05) is 60.7 Å². The molecule has 0 bridgehead atoms. The predicted molar refractivity (Wildman–Crippen MR) is 110 cm³/mol. The van der Waals surface area contributed by atoms with Crippen molar-refractivity contribution in [3.8, 4) is 0 Å². The van der Waals surface area contributed by atoms with Crippen LogP contribution in [0.4, 0.5) is 0 Å². The summed E-state index contributed by atoms with van der Waals surface area (Å²) in [5, 5.41) is 0. The summed E-state index contributed by atoms with van der Waals surface area (Å²) in [5.74, 6) is 0.182. The van der Waals surface area contributed by atoms with Gasteiger partial charge in [0, 0.05) is 31.5 Å². The van der Waals surface area contributed by atoms with Crippen LogP contribution >= 0.6 is 0 Å². The van der Waals surface area contributed by atoms with E-state index < -0.39 is 0 Å². The van der Waals surface area contributed by atoms with E-state index in [0.29, 0.717) is 19.5 Å². The molecule has 0 aromatic heterocycles. The Labute approximate surface area is 167 Å². The summed E-state index contributed by atoms with van der Waals surface area (Å²) in [6.45, 7) is 3.99. The molecule has 146 valence electrons. The number of carbonyl (C=O) groups is 2. The van der Waals surface area contributed by atoms with E-state index in [9.17, 15) is 9.59 Å². The van der Waals surface area contributed by atoms with Gasteiger partial charge in [-0.3, -0.25) is 9.59 Å². The van der Waals surface area contributed by atoms with Crippen LogP contribution in [-0.2, 0) is 15.0 Å². The smallest absolute Gasteiger partial charge is 0.245 e. The lowest BCUT2D eigenvalue weighted by Crippen LogP contribution is -2.54. The third kappa shape index (κ3) is 3.32. The normalized spacial score (nSPS) is 20.2. The Morgan fingerprint density at radius 1 is 0.929 bits per heavy atom. The lowest BCUT2D eigenvalue weighted by atomic mass is 9.69. The molecule has 4 heteroatoms. The zero-order valence-electron chi connectivity index (χ0n) is 16.5. The monoisotopic (exact) mass is 376 g/mol. The molecule has 2 saturated heterocycles. The SMILES string of the molecule is CC(C(=O)N1CCCC(c2ccccc2)(c2ccccc2)C1)N1CCCC1=O. The molecule has 0 aliphatic carbocycles. The first-order chi connectivity index (χ1) is 13.6. The van der Waals surface area contributed by atoms with Crippen molar-refractivity contribution < 1.29 is 9.59 Å². The van der Waals surface area contributed by atoms with Crippen molar-refractivity contribution in [2.45, 2.75) is 44.1 Å². The minimum Gasteiger partial charge on any atom is -0.340 e. The molecule has 28 heavy (non-hydrogen) atoms. The van der Waals surface area contributed by atoms with Crippen molar-refractivity contribution in [2.24, 2.45) is 0 Å². The minimum atomic E-state index is -0.377. The second-order valence-corrected chi connectivity index (χ2v) is 8.04. The van der Waals surface area contributed by atoms with Gasteiger partial charge in [-0.2, -0.15) is 0 Å². The Balaban J connectivity index is 1.65. The third-order valence-electron chi connectivity index (χ3n) is 6.39.